The lowest BCUT2D eigenvalue weighted by Crippen LogP contribution is -2.25. The third-order valence-corrected chi connectivity index (χ3v) is 4.09. The van der Waals surface area contributed by atoms with Crippen LogP contribution < -0.4 is 9.47 Å². The lowest BCUT2D eigenvalue weighted by molar-refractivity contribution is -0.189. The van der Waals surface area contributed by atoms with E-state index in [2.05, 4.69) is 9.47 Å². The molecule has 0 N–H and O–H groups in total. The van der Waals surface area contributed by atoms with Crippen molar-refractivity contribution in [3.05, 3.63) is 71.0 Å². The van der Waals surface area contributed by atoms with Gasteiger partial charge in [0.1, 0.15) is 22.9 Å². The number of halogens is 8. The quantitative estimate of drug-likeness (QED) is 0.214. The van der Waals surface area contributed by atoms with Crippen LogP contribution in [-0.4, -0.2) is 6.43 Å². The lowest BCUT2D eigenvalue weighted by atomic mass is 10.0. The Morgan fingerprint density at radius 3 is 2.00 bits per heavy atom. The van der Waals surface area contributed by atoms with Crippen LogP contribution >= 0.6 is 0 Å². The molecule has 10 heteroatoms. The number of benzene rings is 2. The van der Waals surface area contributed by atoms with Gasteiger partial charge in [0.25, 0.3) is 6.43 Å². The summed E-state index contributed by atoms with van der Waals surface area (Å²) in [4.78, 5) is 0. The molecule has 2 rings (SSSR count). The predicted octanol–water partition coefficient (Wildman–Crippen LogP) is 7.26. The van der Waals surface area contributed by atoms with E-state index in [9.17, 15) is 35.1 Å². The highest BCUT2D eigenvalue weighted by atomic mass is 19.3. The molecule has 0 heterocycles. The van der Waals surface area contributed by atoms with E-state index in [-0.39, 0.29) is 30.2 Å². The molecule has 0 atom stereocenters. The Bertz CT molecular complexity index is 882. The molecule has 0 saturated carbocycles. The van der Waals surface area contributed by atoms with Crippen molar-refractivity contribution in [1.29, 1.82) is 0 Å². The standard InChI is InChI=1S/C21H18F8O2/c1-2-3-4-5-12-8-14(22)19(15(23)9-12)21(28,29)31-13-10-16(24)20(17(25)11-13)30-7-6-18(26)27/h6-11,18H,2-5H2,1H3. The van der Waals surface area contributed by atoms with Gasteiger partial charge >= 0.3 is 6.11 Å². The Hall–Kier alpha value is -2.78. The smallest absolute Gasteiger partial charge is 0.432 e. The first-order valence-corrected chi connectivity index (χ1v) is 9.21. The van der Waals surface area contributed by atoms with E-state index in [1.165, 1.54) is 0 Å². The topological polar surface area (TPSA) is 18.5 Å². The van der Waals surface area contributed by atoms with Gasteiger partial charge in [0, 0.05) is 18.2 Å². The molecular weight excluding hydrogens is 436 g/mol. The van der Waals surface area contributed by atoms with Gasteiger partial charge in [-0.1, -0.05) is 19.8 Å². The molecule has 0 amide bonds. The van der Waals surface area contributed by atoms with Crippen molar-refractivity contribution in [3.8, 4) is 11.5 Å². The number of hydrogen-bond acceptors (Lipinski definition) is 2. The number of aryl methyl sites for hydroxylation is 1. The zero-order valence-electron chi connectivity index (χ0n) is 16.2. The SMILES string of the molecule is CCCCCc1cc(F)c(C(F)(F)Oc2cc(F)c(OC=CC(F)F)c(F)c2)c(F)c1. The maximum atomic E-state index is 14.4. The second-order valence-corrected chi connectivity index (χ2v) is 6.51. The van der Waals surface area contributed by atoms with Crippen molar-refractivity contribution in [1.82, 2.24) is 0 Å². The summed E-state index contributed by atoms with van der Waals surface area (Å²) in [7, 11) is 0. The third kappa shape index (κ3) is 6.60. The van der Waals surface area contributed by atoms with Crippen LogP contribution in [0.5, 0.6) is 11.5 Å². The molecule has 0 saturated heterocycles. The fraction of sp³-hybridized carbons (Fsp3) is 0.333. The number of unbranched alkanes of at least 4 members (excludes halogenated alkanes) is 2. The van der Waals surface area contributed by atoms with Gasteiger partial charge in [-0.05, 0) is 30.5 Å². The summed E-state index contributed by atoms with van der Waals surface area (Å²) in [6.45, 7) is 1.92. The molecule has 0 radical (unpaired) electrons. The van der Waals surface area contributed by atoms with Crippen molar-refractivity contribution in [2.75, 3.05) is 0 Å². The summed E-state index contributed by atoms with van der Waals surface area (Å²) in [6.07, 6.45) is -4.51. The van der Waals surface area contributed by atoms with Crippen molar-refractivity contribution in [2.45, 2.75) is 45.1 Å². The van der Waals surface area contributed by atoms with Crippen LogP contribution in [0.3, 0.4) is 0 Å². The molecule has 0 aliphatic heterocycles. The first-order chi connectivity index (χ1) is 14.5. The van der Waals surface area contributed by atoms with Gasteiger partial charge in [0.15, 0.2) is 17.4 Å². The van der Waals surface area contributed by atoms with Gasteiger partial charge in [0.2, 0.25) is 0 Å². The summed E-state index contributed by atoms with van der Waals surface area (Å²) in [5.41, 5.74) is -1.54. The maximum absolute atomic E-state index is 14.4. The Morgan fingerprint density at radius 1 is 0.903 bits per heavy atom. The summed E-state index contributed by atoms with van der Waals surface area (Å²) >= 11 is 0. The zero-order valence-corrected chi connectivity index (χ0v) is 16.2. The Morgan fingerprint density at radius 2 is 1.48 bits per heavy atom. The number of allylic oxidation sites excluding steroid dienone is 1. The van der Waals surface area contributed by atoms with Crippen molar-refractivity contribution in [3.63, 3.8) is 0 Å². The minimum Gasteiger partial charge on any atom is -0.459 e. The first kappa shape index (κ1) is 24.5. The Balaban J connectivity index is 2.25. The fourth-order valence-electron chi connectivity index (χ4n) is 2.70. The number of alkyl halides is 4. The molecule has 0 unspecified atom stereocenters. The number of hydrogen-bond donors (Lipinski definition) is 0. The summed E-state index contributed by atoms with van der Waals surface area (Å²) < 4.78 is 118. The zero-order chi connectivity index (χ0) is 23.2. The first-order valence-electron chi connectivity index (χ1n) is 9.21. The summed E-state index contributed by atoms with van der Waals surface area (Å²) in [5, 5.41) is 0. The Kier molecular flexibility index (Phi) is 8.29. The summed E-state index contributed by atoms with van der Waals surface area (Å²) in [5.74, 6) is -8.52. The van der Waals surface area contributed by atoms with E-state index in [1.54, 1.807) is 0 Å². The number of ether oxygens (including phenoxy) is 2. The van der Waals surface area contributed by atoms with E-state index < -0.39 is 52.9 Å². The van der Waals surface area contributed by atoms with Gasteiger partial charge < -0.3 is 9.47 Å². The van der Waals surface area contributed by atoms with Gasteiger partial charge in [-0.25, -0.2) is 26.3 Å². The highest BCUT2D eigenvalue weighted by Gasteiger charge is 2.41. The highest BCUT2D eigenvalue weighted by Crippen LogP contribution is 2.37. The van der Waals surface area contributed by atoms with Crippen LogP contribution in [0, 0.1) is 23.3 Å². The third-order valence-electron chi connectivity index (χ3n) is 4.09. The largest absolute Gasteiger partial charge is 0.459 e. The van der Waals surface area contributed by atoms with Crippen LogP contribution in [0.1, 0.15) is 37.3 Å². The maximum Gasteiger partial charge on any atom is 0.432 e. The lowest BCUT2D eigenvalue weighted by Gasteiger charge is -2.20. The fourth-order valence-corrected chi connectivity index (χ4v) is 2.70. The van der Waals surface area contributed by atoms with Crippen molar-refractivity contribution >= 4 is 0 Å². The molecule has 0 spiro atoms. The average Bonchev–Trinajstić information content (AvgIpc) is 2.62. The van der Waals surface area contributed by atoms with Crippen LogP contribution in [-0.2, 0) is 12.5 Å². The Labute approximate surface area is 173 Å². The molecular formula is C21H18F8O2. The molecule has 0 aliphatic rings. The molecule has 170 valence electrons. The van der Waals surface area contributed by atoms with E-state index in [1.807, 2.05) is 6.92 Å². The van der Waals surface area contributed by atoms with Crippen LogP contribution in [0.2, 0.25) is 0 Å². The molecule has 0 aromatic heterocycles. The van der Waals surface area contributed by atoms with Gasteiger partial charge in [-0.15, -0.1) is 0 Å². The van der Waals surface area contributed by atoms with E-state index in [0.717, 1.165) is 25.0 Å². The van der Waals surface area contributed by atoms with Crippen LogP contribution in [0.25, 0.3) is 0 Å². The highest BCUT2D eigenvalue weighted by molar-refractivity contribution is 5.36. The van der Waals surface area contributed by atoms with E-state index in [0.29, 0.717) is 12.7 Å². The summed E-state index contributed by atoms with van der Waals surface area (Å²) in [6, 6.07) is 2.02. The monoisotopic (exact) mass is 454 g/mol. The van der Waals surface area contributed by atoms with Crippen molar-refractivity contribution in [2.24, 2.45) is 0 Å². The van der Waals surface area contributed by atoms with Crippen LogP contribution in [0.15, 0.2) is 36.6 Å². The van der Waals surface area contributed by atoms with Crippen molar-refractivity contribution < 1.29 is 44.6 Å². The van der Waals surface area contributed by atoms with Gasteiger partial charge in [-0.2, -0.15) is 8.78 Å². The minimum atomic E-state index is -4.60. The molecule has 2 aromatic carbocycles. The van der Waals surface area contributed by atoms with Gasteiger partial charge in [-0.3, -0.25) is 0 Å². The molecule has 31 heavy (non-hydrogen) atoms. The van der Waals surface area contributed by atoms with Crippen LogP contribution in [0.4, 0.5) is 35.1 Å². The van der Waals surface area contributed by atoms with E-state index >= 15 is 0 Å². The second kappa shape index (κ2) is 10.5. The second-order valence-electron chi connectivity index (χ2n) is 6.51. The number of rotatable bonds is 10. The molecule has 2 nitrogen and oxygen atoms in total. The van der Waals surface area contributed by atoms with Gasteiger partial charge in [0.05, 0.1) is 6.26 Å². The normalized spacial score (nSPS) is 12.1. The van der Waals surface area contributed by atoms with E-state index in [4.69, 9.17) is 0 Å². The predicted molar refractivity (Wildman–Crippen MR) is 96.2 cm³/mol. The molecule has 2 aromatic rings. The molecule has 0 fully saturated rings. The molecule has 0 aliphatic carbocycles. The molecule has 0 bridgehead atoms. The minimum absolute atomic E-state index is 0.179. The average molecular weight is 454 g/mol.